The van der Waals surface area contributed by atoms with Gasteiger partial charge in [-0.2, -0.15) is 0 Å². The Kier molecular flexibility index (Phi) is 6.70. The highest BCUT2D eigenvalue weighted by molar-refractivity contribution is 5.85. The summed E-state index contributed by atoms with van der Waals surface area (Å²) in [5.74, 6) is 0.328. The van der Waals surface area contributed by atoms with Crippen molar-refractivity contribution in [2.45, 2.75) is 0 Å². The Balaban J connectivity index is 1.47. The molecule has 1 aromatic heterocycles. The fourth-order valence-electron chi connectivity index (χ4n) is 3.35. The quantitative estimate of drug-likeness (QED) is 0.371. The van der Waals surface area contributed by atoms with Crippen LogP contribution in [0.3, 0.4) is 0 Å². The summed E-state index contributed by atoms with van der Waals surface area (Å²) >= 11 is 0. The standard InChI is InChI=1S/C26H23N3O4/c1-32-21-14-8-13-20(25(21)31)15-16-27-22(30)17-33-26-23(18-9-4-2-5-10-18)24(28-29-26)19-11-6-3-7-12-19/h2-16,31H,17H2,1H3,(H,27,30)(H,28,29). The van der Waals surface area contributed by atoms with Crippen LogP contribution in [0.15, 0.2) is 85.1 Å². The summed E-state index contributed by atoms with van der Waals surface area (Å²) in [6, 6.07) is 24.7. The summed E-state index contributed by atoms with van der Waals surface area (Å²) in [5, 5.41) is 20.1. The number of ether oxygens (including phenoxy) is 2. The minimum absolute atomic E-state index is 0.000726. The van der Waals surface area contributed by atoms with Gasteiger partial charge in [-0.1, -0.05) is 72.8 Å². The molecule has 3 N–H and O–H groups in total. The van der Waals surface area contributed by atoms with Crippen LogP contribution in [0.5, 0.6) is 17.4 Å². The SMILES string of the molecule is COc1cccc(C=CNC(=O)COc2n[nH]c(-c3ccccc3)c2-c2ccccc2)c1O. The number of phenolic OH excluding ortho intramolecular Hbond substituents is 1. The molecule has 0 atom stereocenters. The molecule has 0 unspecified atom stereocenters. The van der Waals surface area contributed by atoms with Gasteiger partial charge in [-0.15, -0.1) is 5.10 Å². The fourth-order valence-corrected chi connectivity index (χ4v) is 3.35. The van der Waals surface area contributed by atoms with E-state index in [0.717, 1.165) is 22.4 Å². The number of nitrogens with zero attached hydrogens (tertiary/aromatic N) is 1. The first kappa shape index (κ1) is 21.7. The van der Waals surface area contributed by atoms with E-state index >= 15 is 0 Å². The zero-order valence-electron chi connectivity index (χ0n) is 18.0. The average Bonchev–Trinajstić information content (AvgIpc) is 3.29. The molecule has 0 bridgehead atoms. The number of para-hydroxylation sites is 1. The lowest BCUT2D eigenvalue weighted by Gasteiger charge is -2.08. The highest BCUT2D eigenvalue weighted by Crippen LogP contribution is 2.37. The Labute approximate surface area is 191 Å². The molecule has 0 spiro atoms. The summed E-state index contributed by atoms with van der Waals surface area (Å²) in [4.78, 5) is 12.3. The lowest BCUT2D eigenvalue weighted by molar-refractivity contribution is -0.122. The van der Waals surface area contributed by atoms with Crippen molar-refractivity contribution in [3.8, 4) is 39.8 Å². The molecule has 0 aliphatic heterocycles. The molecule has 0 aliphatic carbocycles. The smallest absolute Gasteiger partial charge is 0.261 e. The van der Waals surface area contributed by atoms with Crippen LogP contribution in [0, 0.1) is 0 Å². The molecule has 33 heavy (non-hydrogen) atoms. The van der Waals surface area contributed by atoms with Gasteiger partial charge in [0.05, 0.1) is 18.4 Å². The van der Waals surface area contributed by atoms with E-state index in [4.69, 9.17) is 9.47 Å². The van der Waals surface area contributed by atoms with E-state index in [1.165, 1.54) is 13.3 Å². The van der Waals surface area contributed by atoms with E-state index in [1.54, 1.807) is 24.3 Å². The maximum Gasteiger partial charge on any atom is 0.261 e. The number of nitrogens with one attached hydrogen (secondary N) is 2. The number of benzene rings is 3. The number of H-pyrrole nitrogens is 1. The summed E-state index contributed by atoms with van der Waals surface area (Å²) in [7, 11) is 1.48. The molecule has 0 saturated carbocycles. The fraction of sp³-hybridized carbons (Fsp3) is 0.0769. The van der Waals surface area contributed by atoms with Crippen LogP contribution in [-0.4, -0.2) is 34.9 Å². The van der Waals surface area contributed by atoms with Gasteiger partial charge in [0.2, 0.25) is 5.88 Å². The van der Waals surface area contributed by atoms with Crippen molar-refractivity contribution in [2.75, 3.05) is 13.7 Å². The Hall–Kier alpha value is -4.52. The summed E-state index contributed by atoms with van der Waals surface area (Å²) in [6.45, 7) is -0.229. The molecule has 1 amide bonds. The highest BCUT2D eigenvalue weighted by Gasteiger charge is 2.18. The number of rotatable bonds is 8. The van der Waals surface area contributed by atoms with Gasteiger partial charge in [0.1, 0.15) is 0 Å². The van der Waals surface area contributed by atoms with Crippen LogP contribution in [-0.2, 0) is 4.79 Å². The molecule has 7 heteroatoms. The second kappa shape index (κ2) is 10.2. The van der Waals surface area contributed by atoms with E-state index in [1.807, 2.05) is 60.7 Å². The van der Waals surface area contributed by atoms with E-state index in [-0.39, 0.29) is 18.3 Å². The summed E-state index contributed by atoms with van der Waals surface area (Å²) in [6.07, 6.45) is 3.02. The van der Waals surface area contributed by atoms with Gasteiger partial charge in [-0.25, -0.2) is 0 Å². The van der Waals surface area contributed by atoms with Crippen LogP contribution >= 0.6 is 0 Å². The molecule has 0 fully saturated rings. The minimum atomic E-state index is -0.364. The first-order valence-electron chi connectivity index (χ1n) is 10.3. The number of aromatic nitrogens is 2. The van der Waals surface area contributed by atoms with Crippen LogP contribution in [0.1, 0.15) is 5.56 Å². The first-order chi connectivity index (χ1) is 16.2. The molecule has 166 valence electrons. The lowest BCUT2D eigenvalue weighted by Crippen LogP contribution is -2.24. The molecule has 7 nitrogen and oxygen atoms in total. The van der Waals surface area contributed by atoms with Crippen LogP contribution in [0.4, 0.5) is 0 Å². The zero-order valence-corrected chi connectivity index (χ0v) is 18.0. The summed E-state index contributed by atoms with van der Waals surface area (Å²) in [5.41, 5.74) is 4.00. The van der Waals surface area contributed by atoms with Crippen molar-refractivity contribution in [1.82, 2.24) is 15.5 Å². The second-order valence-electron chi connectivity index (χ2n) is 7.10. The van der Waals surface area contributed by atoms with Gasteiger partial charge < -0.3 is 19.9 Å². The van der Waals surface area contributed by atoms with E-state index < -0.39 is 0 Å². The number of aromatic hydroxyl groups is 1. The van der Waals surface area contributed by atoms with Crippen molar-refractivity contribution in [3.05, 3.63) is 90.6 Å². The number of hydrogen-bond acceptors (Lipinski definition) is 5. The number of methoxy groups -OCH3 is 1. The molecular weight excluding hydrogens is 418 g/mol. The summed E-state index contributed by atoms with van der Waals surface area (Å²) < 4.78 is 10.8. The van der Waals surface area contributed by atoms with Gasteiger partial charge in [0, 0.05) is 17.3 Å². The van der Waals surface area contributed by atoms with E-state index in [2.05, 4.69) is 15.5 Å². The van der Waals surface area contributed by atoms with Gasteiger partial charge in [0.25, 0.3) is 5.91 Å². The van der Waals surface area contributed by atoms with Gasteiger partial charge >= 0.3 is 0 Å². The van der Waals surface area contributed by atoms with Crippen molar-refractivity contribution in [2.24, 2.45) is 0 Å². The molecule has 0 saturated heterocycles. The minimum Gasteiger partial charge on any atom is -0.504 e. The molecule has 0 aliphatic rings. The number of phenols is 1. The third-order valence-electron chi connectivity index (χ3n) is 4.96. The predicted octanol–water partition coefficient (Wildman–Crippen LogP) is 4.62. The van der Waals surface area contributed by atoms with Crippen molar-refractivity contribution in [3.63, 3.8) is 0 Å². The number of amides is 1. The Morgan fingerprint density at radius 2 is 1.70 bits per heavy atom. The predicted molar refractivity (Wildman–Crippen MR) is 127 cm³/mol. The largest absolute Gasteiger partial charge is 0.504 e. The first-order valence-corrected chi connectivity index (χ1v) is 10.3. The third-order valence-corrected chi connectivity index (χ3v) is 4.96. The second-order valence-corrected chi connectivity index (χ2v) is 7.10. The molecule has 1 heterocycles. The van der Waals surface area contributed by atoms with Crippen LogP contribution in [0.2, 0.25) is 0 Å². The third kappa shape index (κ3) is 5.04. The Morgan fingerprint density at radius 1 is 1.00 bits per heavy atom. The van der Waals surface area contributed by atoms with Crippen LogP contribution in [0.25, 0.3) is 28.5 Å². The molecule has 0 radical (unpaired) electrons. The monoisotopic (exact) mass is 441 g/mol. The normalized spacial score (nSPS) is 10.8. The van der Waals surface area contributed by atoms with Gasteiger partial charge in [-0.05, 0) is 17.7 Å². The molecule has 4 aromatic rings. The maximum atomic E-state index is 12.3. The van der Waals surface area contributed by atoms with Crippen molar-refractivity contribution in [1.29, 1.82) is 0 Å². The van der Waals surface area contributed by atoms with Gasteiger partial charge in [0.15, 0.2) is 18.1 Å². The Morgan fingerprint density at radius 3 is 2.39 bits per heavy atom. The molecule has 3 aromatic carbocycles. The number of hydrogen-bond donors (Lipinski definition) is 3. The highest BCUT2D eigenvalue weighted by atomic mass is 16.5. The topological polar surface area (TPSA) is 96.5 Å². The Bertz CT molecular complexity index is 1250. The number of aromatic amines is 1. The van der Waals surface area contributed by atoms with E-state index in [0.29, 0.717) is 17.2 Å². The van der Waals surface area contributed by atoms with Crippen molar-refractivity contribution >= 4 is 12.0 Å². The molecular formula is C26H23N3O4. The van der Waals surface area contributed by atoms with Gasteiger partial charge in [-0.3, -0.25) is 9.89 Å². The van der Waals surface area contributed by atoms with Crippen molar-refractivity contribution < 1.29 is 19.4 Å². The van der Waals surface area contributed by atoms with E-state index in [9.17, 15) is 9.90 Å². The zero-order chi connectivity index (χ0) is 23.0. The number of carbonyl (C=O) groups is 1. The maximum absolute atomic E-state index is 12.3. The average molecular weight is 441 g/mol. The number of carbonyl (C=O) groups excluding carboxylic acids is 1. The van der Waals surface area contributed by atoms with Crippen LogP contribution < -0.4 is 14.8 Å². The lowest BCUT2D eigenvalue weighted by atomic mass is 10.0. The molecule has 4 rings (SSSR count).